The van der Waals surface area contributed by atoms with Gasteiger partial charge >= 0.3 is 0 Å². The molecule has 1 heterocycles. The Hall–Kier alpha value is -0.0800. The highest BCUT2D eigenvalue weighted by Crippen LogP contribution is 2.28. The first-order chi connectivity index (χ1) is 8.54. The zero-order valence-electron chi connectivity index (χ0n) is 13.0. The predicted octanol–water partition coefficient (Wildman–Crippen LogP) is 3.65. The molecule has 108 valence electrons. The quantitative estimate of drug-likeness (QED) is 0.751. The summed E-state index contributed by atoms with van der Waals surface area (Å²) in [5.74, 6) is 1.60. The Kier molecular flexibility index (Phi) is 7.25. The average molecular weight is 254 g/mol. The molecule has 0 radical (unpaired) electrons. The minimum absolute atomic E-state index is 0.756. The summed E-state index contributed by atoms with van der Waals surface area (Å²) in [4.78, 5) is 2.80. The molecule has 0 amide bonds. The minimum Gasteiger partial charge on any atom is -0.330 e. The van der Waals surface area contributed by atoms with E-state index in [9.17, 15) is 0 Å². The third-order valence-corrected chi connectivity index (χ3v) is 4.13. The first-order valence-corrected chi connectivity index (χ1v) is 8.00. The van der Waals surface area contributed by atoms with Gasteiger partial charge < -0.3 is 5.73 Å². The molecule has 2 heteroatoms. The van der Waals surface area contributed by atoms with Crippen LogP contribution in [0.5, 0.6) is 0 Å². The number of nitrogens with two attached hydrogens (primary N) is 1. The van der Waals surface area contributed by atoms with Crippen LogP contribution >= 0.6 is 0 Å². The summed E-state index contributed by atoms with van der Waals surface area (Å²) in [6, 6.07) is 1.54. The number of hydrogen-bond donors (Lipinski definition) is 1. The second-order valence-electron chi connectivity index (χ2n) is 6.88. The summed E-state index contributed by atoms with van der Waals surface area (Å²) in [7, 11) is 0. The number of rotatable bonds is 7. The van der Waals surface area contributed by atoms with Crippen LogP contribution in [0.2, 0.25) is 0 Å². The number of piperidine rings is 1. The molecule has 1 fully saturated rings. The molecule has 0 aromatic rings. The van der Waals surface area contributed by atoms with Crippen molar-refractivity contribution in [3.8, 4) is 0 Å². The molecule has 18 heavy (non-hydrogen) atoms. The van der Waals surface area contributed by atoms with Crippen LogP contribution in [-0.4, -0.2) is 30.1 Å². The van der Waals surface area contributed by atoms with E-state index >= 15 is 0 Å². The van der Waals surface area contributed by atoms with E-state index in [0.717, 1.165) is 30.5 Å². The van der Waals surface area contributed by atoms with Crippen LogP contribution in [-0.2, 0) is 0 Å². The van der Waals surface area contributed by atoms with Gasteiger partial charge in [-0.3, -0.25) is 4.90 Å². The number of nitrogens with zero attached hydrogens (tertiary/aromatic N) is 1. The first-order valence-electron chi connectivity index (χ1n) is 8.00. The van der Waals surface area contributed by atoms with Crippen LogP contribution in [0.4, 0.5) is 0 Å². The van der Waals surface area contributed by atoms with Crippen LogP contribution in [0.25, 0.3) is 0 Å². The molecule has 0 aromatic carbocycles. The van der Waals surface area contributed by atoms with E-state index in [1.165, 1.54) is 45.1 Å². The lowest BCUT2D eigenvalue weighted by molar-refractivity contribution is 0.0667. The van der Waals surface area contributed by atoms with Crippen molar-refractivity contribution in [3.63, 3.8) is 0 Å². The number of hydrogen-bond acceptors (Lipinski definition) is 2. The van der Waals surface area contributed by atoms with E-state index in [-0.39, 0.29) is 0 Å². The molecule has 0 aliphatic carbocycles. The zero-order valence-corrected chi connectivity index (χ0v) is 13.0. The Morgan fingerprint density at radius 1 is 1.06 bits per heavy atom. The van der Waals surface area contributed by atoms with Crippen molar-refractivity contribution in [1.29, 1.82) is 0 Å². The highest BCUT2D eigenvalue weighted by Gasteiger charge is 2.28. The average Bonchev–Trinajstić information content (AvgIpc) is 2.28. The minimum atomic E-state index is 0.756. The molecule has 1 aliphatic heterocycles. The third-order valence-electron chi connectivity index (χ3n) is 4.13. The second-order valence-corrected chi connectivity index (χ2v) is 6.88. The van der Waals surface area contributed by atoms with Gasteiger partial charge in [0.25, 0.3) is 0 Å². The van der Waals surface area contributed by atoms with Gasteiger partial charge in [0.05, 0.1) is 0 Å². The van der Waals surface area contributed by atoms with Crippen molar-refractivity contribution in [3.05, 3.63) is 0 Å². The monoisotopic (exact) mass is 254 g/mol. The van der Waals surface area contributed by atoms with Gasteiger partial charge in [0.15, 0.2) is 0 Å². The maximum Gasteiger partial charge on any atom is 0.0110 e. The Labute approximate surface area is 114 Å². The fraction of sp³-hybridized carbons (Fsp3) is 1.00. The second kappa shape index (κ2) is 8.16. The predicted molar refractivity (Wildman–Crippen MR) is 80.7 cm³/mol. The van der Waals surface area contributed by atoms with Gasteiger partial charge in [0.2, 0.25) is 0 Å². The highest BCUT2D eigenvalue weighted by molar-refractivity contribution is 4.84. The summed E-state index contributed by atoms with van der Waals surface area (Å²) in [5, 5.41) is 0. The fourth-order valence-corrected chi connectivity index (χ4v) is 3.46. The molecule has 2 nitrogen and oxygen atoms in total. The molecular weight excluding hydrogens is 220 g/mol. The van der Waals surface area contributed by atoms with Gasteiger partial charge in [-0.05, 0) is 57.0 Å². The Morgan fingerprint density at radius 2 is 1.67 bits per heavy atom. The standard InChI is InChI=1S/C16H34N2/c1-13(2)11-16(12-14(3)4)18-10-6-5-7-15(18)8-9-17/h13-16H,5-12,17H2,1-4H3. The zero-order chi connectivity index (χ0) is 13.5. The van der Waals surface area contributed by atoms with Crippen LogP contribution in [0.1, 0.15) is 66.2 Å². The van der Waals surface area contributed by atoms with Crippen LogP contribution in [0.3, 0.4) is 0 Å². The van der Waals surface area contributed by atoms with Gasteiger partial charge in [-0.15, -0.1) is 0 Å². The molecule has 1 aliphatic rings. The SMILES string of the molecule is CC(C)CC(CC(C)C)N1CCCCC1CCN. The summed E-state index contributed by atoms with van der Waals surface area (Å²) in [6.07, 6.45) is 8.03. The van der Waals surface area contributed by atoms with Crippen LogP contribution < -0.4 is 5.73 Å². The molecule has 1 saturated heterocycles. The van der Waals surface area contributed by atoms with Crippen molar-refractivity contribution in [2.75, 3.05) is 13.1 Å². The Morgan fingerprint density at radius 3 is 2.17 bits per heavy atom. The van der Waals surface area contributed by atoms with Crippen molar-refractivity contribution in [2.24, 2.45) is 17.6 Å². The largest absolute Gasteiger partial charge is 0.330 e. The molecule has 1 rings (SSSR count). The molecule has 1 atom stereocenters. The lowest BCUT2D eigenvalue weighted by Crippen LogP contribution is -2.48. The first kappa shape index (κ1) is 16.0. The van der Waals surface area contributed by atoms with Gasteiger partial charge in [-0.25, -0.2) is 0 Å². The summed E-state index contributed by atoms with van der Waals surface area (Å²) >= 11 is 0. The van der Waals surface area contributed by atoms with Crippen molar-refractivity contribution < 1.29 is 0 Å². The van der Waals surface area contributed by atoms with Crippen molar-refractivity contribution in [2.45, 2.75) is 78.3 Å². The third kappa shape index (κ3) is 5.27. The van der Waals surface area contributed by atoms with E-state index < -0.39 is 0 Å². The molecule has 0 saturated carbocycles. The molecular formula is C16H34N2. The van der Waals surface area contributed by atoms with E-state index in [1.54, 1.807) is 0 Å². The van der Waals surface area contributed by atoms with Crippen LogP contribution in [0, 0.1) is 11.8 Å². The molecule has 0 aromatic heterocycles. The maximum absolute atomic E-state index is 5.80. The lowest BCUT2D eigenvalue weighted by atomic mass is 9.89. The van der Waals surface area contributed by atoms with Gasteiger partial charge in [-0.1, -0.05) is 34.1 Å². The van der Waals surface area contributed by atoms with Crippen molar-refractivity contribution in [1.82, 2.24) is 4.90 Å². The molecule has 0 bridgehead atoms. The lowest BCUT2D eigenvalue weighted by Gasteiger charge is -2.42. The summed E-state index contributed by atoms with van der Waals surface area (Å²) < 4.78 is 0. The normalized spacial score (nSPS) is 22.3. The molecule has 0 spiro atoms. The smallest absolute Gasteiger partial charge is 0.0110 e. The van der Waals surface area contributed by atoms with E-state index in [0.29, 0.717) is 0 Å². The molecule has 2 N–H and O–H groups in total. The van der Waals surface area contributed by atoms with E-state index in [2.05, 4.69) is 32.6 Å². The Bertz CT molecular complexity index is 201. The Balaban J connectivity index is 2.66. The van der Waals surface area contributed by atoms with Gasteiger partial charge in [-0.2, -0.15) is 0 Å². The summed E-state index contributed by atoms with van der Waals surface area (Å²) in [5.41, 5.74) is 5.80. The van der Waals surface area contributed by atoms with E-state index in [4.69, 9.17) is 5.73 Å². The molecule has 1 unspecified atom stereocenters. The highest BCUT2D eigenvalue weighted by atomic mass is 15.2. The number of likely N-dealkylation sites (tertiary alicyclic amines) is 1. The van der Waals surface area contributed by atoms with Crippen LogP contribution in [0.15, 0.2) is 0 Å². The summed E-state index contributed by atoms with van der Waals surface area (Å²) in [6.45, 7) is 11.6. The maximum atomic E-state index is 5.80. The van der Waals surface area contributed by atoms with Gasteiger partial charge in [0, 0.05) is 12.1 Å². The topological polar surface area (TPSA) is 29.3 Å². The fourth-order valence-electron chi connectivity index (χ4n) is 3.46. The van der Waals surface area contributed by atoms with Crippen molar-refractivity contribution >= 4 is 0 Å². The van der Waals surface area contributed by atoms with E-state index in [1.807, 2.05) is 0 Å². The van der Waals surface area contributed by atoms with Gasteiger partial charge in [0.1, 0.15) is 0 Å².